The summed E-state index contributed by atoms with van der Waals surface area (Å²) in [6, 6.07) is 0. The summed E-state index contributed by atoms with van der Waals surface area (Å²) in [6.07, 6.45) is -0.00287. The smallest absolute Gasteiger partial charge is 0.331 e. The van der Waals surface area contributed by atoms with Gasteiger partial charge < -0.3 is 43.0 Å². The molecule has 0 amide bonds. The molecule has 11 nitrogen and oxygen atoms in total. The van der Waals surface area contributed by atoms with Crippen LogP contribution in [0.2, 0.25) is 0 Å². The summed E-state index contributed by atoms with van der Waals surface area (Å²) in [5, 5.41) is 8.43. The highest BCUT2D eigenvalue weighted by molar-refractivity contribution is 5.70. The molecule has 0 aliphatic heterocycles. The van der Waals surface area contributed by atoms with Crippen LogP contribution in [-0.2, 0) is 47.5 Å². The Hall–Kier alpha value is -1.34. The zero-order valence-electron chi connectivity index (χ0n) is 17.1. The molecule has 0 aromatic heterocycles. The largest absolute Gasteiger partial charge is 0.481 e. The Morgan fingerprint density at radius 3 is 1.17 bits per heavy atom. The minimum atomic E-state index is -0.877. The van der Waals surface area contributed by atoms with Crippen molar-refractivity contribution < 1.29 is 52.6 Å². The van der Waals surface area contributed by atoms with E-state index in [1.54, 1.807) is 0 Å². The zero-order chi connectivity index (χ0) is 21.4. The normalized spacial score (nSPS) is 10.9. The summed E-state index contributed by atoms with van der Waals surface area (Å²) in [5.74, 6) is -1.29. The number of ether oxygens (including phenoxy) is 8. The maximum absolute atomic E-state index is 10.8. The van der Waals surface area contributed by atoms with E-state index in [4.69, 9.17) is 38.3 Å². The summed E-state index contributed by atoms with van der Waals surface area (Å²) in [5.41, 5.74) is 0. The lowest BCUT2D eigenvalue weighted by Crippen LogP contribution is -2.16. The molecule has 0 atom stereocenters. The molecule has 0 aliphatic carbocycles. The molecule has 0 aliphatic rings. The maximum atomic E-state index is 10.8. The number of carbonyl (C=O) groups excluding carboxylic acids is 1. The SMILES string of the molecule is COC(=O)COCCOCCOCCOCCOCCOCCOCCC(=O)O. The van der Waals surface area contributed by atoms with Crippen molar-refractivity contribution >= 4 is 11.9 Å². The number of hydrogen-bond acceptors (Lipinski definition) is 10. The van der Waals surface area contributed by atoms with Crippen molar-refractivity contribution in [3.8, 4) is 0 Å². The van der Waals surface area contributed by atoms with E-state index < -0.39 is 11.9 Å². The van der Waals surface area contributed by atoms with Crippen LogP contribution in [-0.4, -0.2) is 117 Å². The van der Waals surface area contributed by atoms with Crippen molar-refractivity contribution in [2.24, 2.45) is 0 Å². The molecular formula is C18H34O11. The Kier molecular flexibility index (Phi) is 21.9. The number of esters is 1. The van der Waals surface area contributed by atoms with Gasteiger partial charge in [0.05, 0.1) is 99.4 Å². The number of carboxylic acids is 1. The third-order valence-electron chi connectivity index (χ3n) is 3.14. The molecule has 1 N–H and O–H groups in total. The first-order chi connectivity index (χ1) is 14.2. The zero-order valence-corrected chi connectivity index (χ0v) is 17.1. The van der Waals surface area contributed by atoms with Gasteiger partial charge in [0.15, 0.2) is 0 Å². The summed E-state index contributed by atoms with van der Waals surface area (Å²) in [4.78, 5) is 21.0. The molecule has 0 unspecified atom stereocenters. The lowest BCUT2D eigenvalue weighted by Gasteiger charge is -2.08. The van der Waals surface area contributed by atoms with Crippen molar-refractivity contribution in [2.75, 3.05) is 99.6 Å². The highest BCUT2D eigenvalue weighted by Gasteiger charge is 1.99. The lowest BCUT2D eigenvalue weighted by molar-refractivity contribution is -0.146. The first-order valence-electron chi connectivity index (χ1n) is 9.49. The predicted octanol–water partition coefficient (Wildman–Crippen LogP) is -0.250. The quantitative estimate of drug-likeness (QED) is 0.172. The highest BCUT2D eigenvalue weighted by atomic mass is 16.6. The second-order valence-electron chi connectivity index (χ2n) is 5.45. The minimum Gasteiger partial charge on any atom is -0.481 e. The summed E-state index contributed by atoms with van der Waals surface area (Å²) in [6.45, 7) is 5.25. The molecule has 0 heterocycles. The van der Waals surface area contributed by atoms with Crippen LogP contribution in [0.1, 0.15) is 6.42 Å². The molecule has 0 fully saturated rings. The molecule has 0 saturated heterocycles. The van der Waals surface area contributed by atoms with E-state index in [-0.39, 0.29) is 19.6 Å². The van der Waals surface area contributed by atoms with Crippen LogP contribution < -0.4 is 0 Å². The number of rotatable bonds is 23. The molecule has 172 valence electrons. The second-order valence-corrected chi connectivity index (χ2v) is 5.45. The average Bonchev–Trinajstić information content (AvgIpc) is 2.71. The Morgan fingerprint density at radius 2 is 0.862 bits per heavy atom. The first-order valence-corrected chi connectivity index (χ1v) is 9.49. The van der Waals surface area contributed by atoms with Crippen molar-refractivity contribution in [1.82, 2.24) is 0 Å². The van der Waals surface area contributed by atoms with E-state index in [2.05, 4.69) is 4.74 Å². The van der Waals surface area contributed by atoms with Crippen molar-refractivity contribution in [3.05, 3.63) is 0 Å². The van der Waals surface area contributed by atoms with Crippen molar-refractivity contribution in [2.45, 2.75) is 6.42 Å². The molecule has 0 aromatic rings. The van der Waals surface area contributed by atoms with Gasteiger partial charge >= 0.3 is 11.9 Å². The molecule has 0 spiro atoms. The van der Waals surface area contributed by atoms with Gasteiger partial charge in [0, 0.05) is 0 Å². The Bertz CT molecular complexity index is 379. The van der Waals surface area contributed by atoms with E-state index in [1.165, 1.54) is 7.11 Å². The third kappa shape index (κ3) is 24.6. The molecule has 11 heteroatoms. The summed E-state index contributed by atoms with van der Waals surface area (Å²) in [7, 11) is 1.31. The molecule has 0 bridgehead atoms. The molecule has 0 rings (SSSR count). The Morgan fingerprint density at radius 1 is 0.552 bits per heavy atom. The fraction of sp³-hybridized carbons (Fsp3) is 0.889. The van der Waals surface area contributed by atoms with Gasteiger partial charge in [-0.25, -0.2) is 4.79 Å². The van der Waals surface area contributed by atoms with Crippen LogP contribution in [0.3, 0.4) is 0 Å². The van der Waals surface area contributed by atoms with E-state index >= 15 is 0 Å². The number of hydrogen-bond donors (Lipinski definition) is 1. The molecule has 0 radical (unpaired) electrons. The van der Waals surface area contributed by atoms with Gasteiger partial charge in [-0.05, 0) is 0 Å². The summed E-state index contributed by atoms with van der Waals surface area (Å²) >= 11 is 0. The number of aliphatic carboxylic acids is 1. The van der Waals surface area contributed by atoms with Gasteiger partial charge in [0.1, 0.15) is 6.61 Å². The van der Waals surface area contributed by atoms with Crippen LogP contribution in [0, 0.1) is 0 Å². The fourth-order valence-corrected chi connectivity index (χ4v) is 1.69. The van der Waals surface area contributed by atoms with Gasteiger partial charge in [-0.1, -0.05) is 0 Å². The third-order valence-corrected chi connectivity index (χ3v) is 3.14. The van der Waals surface area contributed by atoms with E-state index in [0.717, 1.165) is 0 Å². The van der Waals surface area contributed by atoms with Crippen molar-refractivity contribution in [3.63, 3.8) is 0 Å². The Balaban J connectivity index is 3.03. The van der Waals surface area contributed by atoms with Gasteiger partial charge in [0.25, 0.3) is 0 Å². The number of methoxy groups -OCH3 is 1. The van der Waals surface area contributed by atoms with Gasteiger partial charge in [0.2, 0.25) is 0 Å². The standard InChI is InChI=1S/C18H34O11/c1-22-18(21)16-29-15-14-28-13-12-27-11-10-26-9-8-25-7-6-24-5-4-23-3-2-17(19)20/h2-16H2,1H3,(H,19,20). The van der Waals surface area contributed by atoms with E-state index in [0.29, 0.717) is 79.3 Å². The molecule has 0 aromatic carbocycles. The Labute approximate surface area is 171 Å². The van der Waals surface area contributed by atoms with E-state index in [9.17, 15) is 9.59 Å². The average molecular weight is 426 g/mol. The fourth-order valence-electron chi connectivity index (χ4n) is 1.69. The maximum Gasteiger partial charge on any atom is 0.331 e. The van der Waals surface area contributed by atoms with Crippen LogP contribution in [0.5, 0.6) is 0 Å². The van der Waals surface area contributed by atoms with Crippen molar-refractivity contribution in [1.29, 1.82) is 0 Å². The molecule has 0 saturated carbocycles. The van der Waals surface area contributed by atoms with Crippen LogP contribution in [0.25, 0.3) is 0 Å². The van der Waals surface area contributed by atoms with Gasteiger partial charge in [-0.3, -0.25) is 4.79 Å². The van der Waals surface area contributed by atoms with Crippen LogP contribution >= 0.6 is 0 Å². The lowest BCUT2D eigenvalue weighted by atomic mass is 10.5. The van der Waals surface area contributed by atoms with Gasteiger partial charge in [-0.2, -0.15) is 0 Å². The van der Waals surface area contributed by atoms with Crippen LogP contribution in [0.4, 0.5) is 0 Å². The predicted molar refractivity (Wildman–Crippen MR) is 100 cm³/mol. The van der Waals surface area contributed by atoms with E-state index in [1.807, 2.05) is 0 Å². The summed E-state index contributed by atoms with van der Waals surface area (Å²) < 4.78 is 41.1. The second kappa shape index (κ2) is 22.9. The minimum absolute atomic E-state index is 0.00287. The number of carboxylic acid groups (broad SMARTS) is 1. The molecular weight excluding hydrogens is 392 g/mol. The molecule has 29 heavy (non-hydrogen) atoms. The number of carbonyl (C=O) groups is 2. The van der Waals surface area contributed by atoms with Crippen LogP contribution in [0.15, 0.2) is 0 Å². The van der Waals surface area contributed by atoms with Gasteiger partial charge in [-0.15, -0.1) is 0 Å². The first kappa shape index (κ1) is 27.7. The topological polar surface area (TPSA) is 128 Å². The monoisotopic (exact) mass is 426 g/mol. The highest BCUT2D eigenvalue weighted by Crippen LogP contribution is 1.86.